The molecule has 1 N–H and O–H groups in total. The molecule has 3 aliphatic rings. The fourth-order valence-corrected chi connectivity index (χ4v) is 6.88. The third-order valence-electron chi connectivity index (χ3n) is 7.25. The van der Waals surface area contributed by atoms with Crippen LogP contribution in [0.5, 0.6) is 0 Å². The highest BCUT2D eigenvalue weighted by Crippen LogP contribution is 2.60. The van der Waals surface area contributed by atoms with Crippen molar-refractivity contribution in [1.29, 1.82) is 0 Å². The van der Waals surface area contributed by atoms with Gasteiger partial charge in [0.15, 0.2) is 0 Å². The van der Waals surface area contributed by atoms with E-state index in [0.29, 0.717) is 32.6 Å². The van der Waals surface area contributed by atoms with E-state index in [4.69, 9.17) is 4.74 Å². The van der Waals surface area contributed by atoms with Crippen molar-refractivity contribution in [2.45, 2.75) is 62.1 Å². The largest absolute Gasteiger partial charge is 0.395 e. The van der Waals surface area contributed by atoms with Gasteiger partial charge in [0.2, 0.25) is 17.7 Å². The molecule has 1 spiro atoms. The van der Waals surface area contributed by atoms with Gasteiger partial charge in [-0.2, -0.15) is 0 Å². The van der Waals surface area contributed by atoms with Gasteiger partial charge in [-0.25, -0.2) is 0 Å². The molecular weight excluding hydrogens is 502 g/mol. The van der Waals surface area contributed by atoms with Crippen LogP contribution >= 0.6 is 15.9 Å². The van der Waals surface area contributed by atoms with Crippen LogP contribution in [0, 0.1) is 11.8 Å². The summed E-state index contributed by atoms with van der Waals surface area (Å²) in [7, 11) is 0. The second-order valence-electron chi connectivity index (χ2n) is 9.42. The summed E-state index contributed by atoms with van der Waals surface area (Å²) in [5.41, 5.74) is -1.10. The molecule has 3 saturated heterocycles. The number of ether oxygens (including phenoxy) is 1. The van der Waals surface area contributed by atoms with Crippen LogP contribution in [-0.2, 0) is 19.1 Å². The number of alkyl halides is 1. The maximum atomic E-state index is 13.9. The number of carbonyl (C=O) groups excluding carboxylic acids is 3. The van der Waals surface area contributed by atoms with Crippen LogP contribution in [0.1, 0.15) is 39.5 Å². The topological polar surface area (TPSA) is 90.4 Å². The van der Waals surface area contributed by atoms with Gasteiger partial charge in [-0.05, 0) is 19.3 Å². The molecule has 3 unspecified atom stereocenters. The van der Waals surface area contributed by atoms with Crippen molar-refractivity contribution in [2.24, 2.45) is 11.8 Å². The number of hydrogen-bond acceptors (Lipinski definition) is 5. The van der Waals surface area contributed by atoms with Crippen LogP contribution in [0.2, 0.25) is 0 Å². The molecule has 2 bridgehead atoms. The molecule has 0 aliphatic carbocycles. The molecule has 190 valence electrons. The molecule has 0 radical (unpaired) electrons. The van der Waals surface area contributed by atoms with Crippen molar-refractivity contribution < 1.29 is 24.2 Å². The summed E-state index contributed by atoms with van der Waals surface area (Å²) in [6.07, 6.45) is 5.88. The van der Waals surface area contributed by atoms with E-state index >= 15 is 0 Å². The van der Waals surface area contributed by atoms with Crippen molar-refractivity contribution in [3.63, 3.8) is 0 Å². The lowest BCUT2D eigenvalue weighted by Gasteiger charge is -2.37. The first-order valence-corrected chi connectivity index (χ1v) is 13.3. The van der Waals surface area contributed by atoms with Crippen molar-refractivity contribution in [3.8, 4) is 0 Å². The third kappa shape index (κ3) is 4.46. The third-order valence-corrected chi connectivity index (χ3v) is 8.09. The number of rotatable bonds is 13. The number of likely N-dealkylation sites (tertiary alicyclic amines) is 1. The smallest absolute Gasteiger partial charge is 0.248 e. The zero-order valence-corrected chi connectivity index (χ0v) is 21.9. The number of fused-ring (bicyclic) bond motifs is 1. The zero-order valence-electron chi connectivity index (χ0n) is 20.3. The van der Waals surface area contributed by atoms with E-state index in [-0.39, 0.29) is 35.7 Å². The number of aliphatic hydroxyl groups is 1. The highest BCUT2D eigenvalue weighted by atomic mass is 79.9. The Bertz CT molecular complexity index is 807. The summed E-state index contributed by atoms with van der Waals surface area (Å²) in [4.78, 5) is 46.1. The fourth-order valence-electron chi connectivity index (χ4n) is 5.94. The second-order valence-corrected chi connectivity index (χ2v) is 10.6. The molecule has 3 heterocycles. The van der Waals surface area contributed by atoms with Crippen LogP contribution < -0.4 is 0 Å². The van der Waals surface area contributed by atoms with Gasteiger partial charge in [0.05, 0.1) is 24.5 Å². The maximum Gasteiger partial charge on any atom is 0.248 e. The lowest BCUT2D eigenvalue weighted by Crippen LogP contribution is -2.57. The van der Waals surface area contributed by atoms with Gasteiger partial charge in [-0.3, -0.25) is 14.4 Å². The Morgan fingerprint density at radius 1 is 1.18 bits per heavy atom. The van der Waals surface area contributed by atoms with Crippen molar-refractivity contribution in [2.75, 3.05) is 39.3 Å². The first kappa shape index (κ1) is 26.9. The summed E-state index contributed by atoms with van der Waals surface area (Å²) in [6, 6.07) is -0.879. The average molecular weight is 540 g/mol. The normalized spacial score (nSPS) is 31.5. The van der Waals surface area contributed by atoms with Crippen LogP contribution in [0.15, 0.2) is 25.3 Å². The molecule has 9 heteroatoms. The predicted molar refractivity (Wildman–Crippen MR) is 133 cm³/mol. The number of nitrogens with zero attached hydrogens (tertiary/aromatic N) is 3. The highest BCUT2D eigenvalue weighted by molar-refractivity contribution is 9.09. The fraction of sp³-hybridized carbons (Fsp3) is 0.720. The van der Waals surface area contributed by atoms with Crippen LogP contribution in [0.25, 0.3) is 0 Å². The van der Waals surface area contributed by atoms with Gasteiger partial charge in [0.1, 0.15) is 11.6 Å². The molecule has 3 fully saturated rings. The van der Waals surface area contributed by atoms with Gasteiger partial charge in [0.25, 0.3) is 0 Å². The SMILES string of the molecule is C=CCN(CCCC)C(=O)C1N(CCO)C(=O)[C@@H]2[C@@H](C(=O)N(CC=C)CCC)[C@@H]3OC12CC3Br. The summed E-state index contributed by atoms with van der Waals surface area (Å²) in [5.74, 6) is -2.05. The Kier molecular flexibility index (Phi) is 8.98. The van der Waals surface area contributed by atoms with E-state index in [1.807, 2.05) is 6.92 Å². The summed E-state index contributed by atoms with van der Waals surface area (Å²) < 4.78 is 6.51. The maximum absolute atomic E-state index is 13.9. The van der Waals surface area contributed by atoms with E-state index < -0.39 is 29.6 Å². The molecule has 8 nitrogen and oxygen atoms in total. The van der Waals surface area contributed by atoms with E-state index in [1.54, 1.807) is 22.0 Å². The molecule has 3 rings (SSSR count). The summed E-state index contributed by atoms with van der Waals surface area (Å²) in [5, 5.41) is 9.74. The lowest BCUT2D eigenvalue weighted by molar-refractivity contribution is -0.149. The minimum Gasteiger partial charge on any atom is -0.395 e. The van der Waals surface area contributed by atoms with Gasteiger partial charge < -0.3 is 24.5 Å². The van der Waals surface area contributed by atoms with Gasteiger partial charge in [-0.1, -0.05) is 48.4 Å². The molecule has 3 aliphatic heterocycles. The Labute approximate surface area is 211 Å². The van der Waals surface area contributed by atoms with Crippen molar-refractivity contribution in [1.82, 2.24) is 14.7 Å². The second kappa shape index (κ2) is 11.4. The molecule has 6 atom stereocenters. The Hall–Kier alpha value is -1.71. The van der Waals surface area contributed by atoms with Crippen LogP contribution in [0.3, 0.4) is 0 Å². The van der Waals surface area contributed by atoms with E-state index in [1.165, 1.54) is 4.90 Å². The molecule has 0 aromatic heterocycles. The Morgan fingerprint density at radius 3 is 2.38 bits per heavy atom. The standard InChI is InChI=1S/C25H38BrN3O5/c1-5-9-13-28(12-8-4)24(33)21-25-16-17(26)20(34-25)18(19(25)23(32)29(21)14-15-30)22(31)27(10-6-2)11-7-3/h6,8,17-21,30H,2,4-5,7,9-16H2,1,3H3/t17?,18-,19+,20-,21?,25?/m1/s1. The summed E-state index contributed by atoms with van der Waals surface area (Å²) >= 11 is 3.69. The number of amides is 3. The molecule has 0 aromatic carbocycles. The number of carbonyl (C=O) groups is 3. The first-order chi connectivity index (χ1) is 16.3. The van der Waals surface area contributed by atoms with Gasteiger partial charge in [0, 0.05) is 37.6 Å². The average Bonchev–Trinajstić information content (AvgIpc) is 3.39. The summed E-state index contributed by atoms with van der Waals surface area (Å²) in [6.45, 7) is 13.2. The minimum absolute atomic E-state index is 0.0242. The molecular formula is C25H38BrN3O5. The minimum atomic E-state index is -1.10. The first-order valence-electron chi connectivity index (χ1n) is 12.3. The zero-order chi connectivity index (χ0) is 25.0. The molecule has 0 saturated carbocycles. The van der Waals surface area contributed by atoms with Crippen LogP contribution in [0.4, 0.5) is 0 Å². The van der Waals surface area contributed by atoms with Crippen LogP contribution in [-0.4, -0.2) is 99.4 Å². The number of β-amino-alcohol motifs (C(OH)–C–C–N with tert-alkyl or cyclic N) is 1. The van der Waals surface area contributed by atoms with E-state index in [0.717, 1.165) is 19.3 Å². The predicted octanol–water partition coefficient (Wildman–Crippen LogP) is 1.97. The Morgan fingerprint density at radius 2 is 1.82 bits per heavy atom. The number of halogens is 1. The molecule has 34 heavy (non-hydrogen) atoms. The monoisotopic (exact) mass is 539 g/mol. The molecule has 0 aromatic rings. The van der Waals surface area contributed by atoms with E-state index in [9.17, 15) is 19.5 Å². The lowest BCUT2D eigenvalue weighted by atomic mass is 9.70. The number of aliphatic hydroxyl groups excluding tert-OH is 1. The van der Waals surface area contributed by atoms with Crippen molar-refractivity contribution >= 4 is 33.7 Å². The molecule has 3 amide bonds. The highest BCUT2D eigenvalue weighted by Gasteiger charge is 2.76. The number of hydrogen-bond donors (Lipinski definition) is 1. The number of unbranched alkanes of at least 4 members (excludes halogenated alkanes) is 1. The van der Waals surface area contributed by atoms with Gasteiger partial charge in [-0.15, -0.1) is 13.2 Å². The van der Waals surface area contributed by atoms with Crippen molar-refractivity contribution in [3.05, 3.63) is 25.3 Å². The Balaban J connectivity index is 2.03. The van der Waals surface area contributed by atoms with Gasteiger partial charge >= 0.3 is 0 Å². The van der Waals surface area contributed by atoms with E-state index in [2.05, 4.69) is 36.0 Å². The quantitative estimate of drug-likeness (QED) is 0.285.